The first kappa shape index (κ1) is 15.8. The molecule has 6 atom stereocenters. The van der Waals surface area contributed by atoms with E-state index in [9.17, 15) is 19.5 Å². The number of carbonyl (C=O) groups is 3. The normalized spacial score (nSPS) is 46.8. The first-order valence-corrected chi connectivity index (χ1v) is 8.97. The Morgan fingerprint density at radius 3 is 2.67 bits per heavy atom. The maximum atomic E-state index is 13.1. The van der Waals surface area contributed by atoms with Gasteiger partial charge in [0.15, 0.2) is 5.78 Å². The number of rotatable bonds is 1. The molecule has 1 N–H and O–H groups in total. The van der Waals surface area contributed by atoms with Gasteiger partial charge in [0.2, 0.25) is 0 Å². The summed E-state index contributed by atoms with van der Waals surface area (Å²) in [6.07, 6.45) is 8.93. The molecule has 4 aliphatic rings. The smallest absolute Gasteiger partial charge is 0.307 e. The highest BCUT2D eigenvalue weighted by molar-refractivity contribution is 6.01. The molecule has 3 saturated carbocycles. The summed E-state index contributed by atoms with van der Waals surface area (Å²) in [5.74, 6) is -0.517. The zero-order valence-corrected chi connectivity index (χ0v) is 14.2. The molecule has 4 nitrogen and oxygen atoms in total. The minimum atomic E-state index is -0.753. The van der Waals surface area contributed by atoms with Crippen LogP contribution in [0.4, 0.5) is 0 Å². The Kier molecular flexibility index (Phi) is 3.23. The third-order valence-electron chi connectivity index (χ3n) is 7.55. The van der Waals surface area contributed by atoms with Gasteiger partial charge in [-0.3, -0.25) is 14.4 Å². The van der Waals surface area contributed by atoms with Gasteiger partial charge in [-0.25, -0.2) is 0 Å². The van der Waals surface area contributed by atoms with Crippen molar-refractivity contribution in [1.82, 2.24) is 0 Å². The fourth-order valence-electron chi connectivity index (χ4n) is 6.44. The molecule has 4 aliphatic carbocycles. The van der Waals surface area contributed by atoms with E-state index in [-0.39, 0.29) is 28.8 Å². The number of Topliss-reactive ketones (excluding diaryl/α,β-unsaturated/α-hetero) is 1. The summed E-state index contributed by atoms with van der Waals surface area (Å²) in [5, 5.41) is 9.60. The van der Waals surface area contributed by atoms with Crippen molar-refractivity contribution in [2.24, 2.45) is 34.5 Å². The average molecular weight is 328 g/mol. The number of ketones is 2. The van der Waals surface area contributed by atoms with Crippen LogP contribution in [0.3, 0.4) is 0 Å². The van der Waals surface area contributed by atoms with Crippen LogP contribution in [-0.4, -0.2) is 22.6 Å². The molecule has 0 heterocycles. The molecule has 0 amide bonds. The molecule has 0 radical (unpaired) electrons. The Hall–Kier alpha value is -1.71. The molecule has 0 aliphatic heterocycles. The van der Waals surface area contributed by atoms with Crippen LogP contribution >= 0.6 is 0 Å². The fraction of sp³-hybridized carbons (Fsp3) is 0.650. The number of hydrogen-bond donors (Lipinski definition) is 1. The van der Waals surface area contributed by atoms with Crippen molar-refractivity contribution in [1.29, 1.82) is 0 Å². The number of fused-ring (bicyclic) bond motifs is 5. The summed E-state index contributed by atoms with van der Waals surface area (Å²) in [4.78, 5) is 36.6. The monoisotopic (exact) mass is 328 g/mol. The third kappa shape index (κ3) is 1.88. The molecule has 0 saturated heterocycles. The van der Waals surface area contributed by atoms with Crippen molar-refractivity contribution < 1.29 is 19.5 Å². The molecular formula is C20H24O4. The molecule has 0 unspecified atom stereocenters. The molecule has 0 aromatic carbocycles. The van der Waals surface area contributed by atoms with Gasteiger partial charge in [0, 0.05) is 17.8 Å². The highest BCUT2D eigenvalue weighted by atomic mass is 16.4. The van der Waals surface area contributed by atoms with Crippen LogP contribution in [0.1, 0.15) is 46.0 Å². The second kappa shape index (κ2) is 4.90. The quantitative estimate of drug-likeness (QED) is 0.802. The van der Waals surface area contributed by atoms with E-state index in [0.717, 1.165) is 24.8 Å². The number of carboxylic acid groups (broad SMARTS) is 1. The molecule has 128 valence electrons. The lowest BCUT2D eigenvalue weighted by molar-refractivity contribution is -0.153. The van der Waals surface area contributed by atoms with Gasteiger partial charge in [0.1, 0.15) is 5.78 Å². The summed E-state index contributed by atoms with van der Waals surface area (Å²) in [5.41, 5.74) is 0.313. The molecule has 3 fully saturated rings. The lowest BCUT2D eigenvalue weighted by Crippen LogP contribution is -2.54. The van der Waals surface area contributed by atoms with Gasteiger partial charge >= 0.3 is 5.97 Å². The Labute approximate surface area is 142 Å². The van der Waals surface area contributed by atoms with Crippen molar-refractivity contribution in [3.05, 3.63) is 23.8 Å². The SMILES string of the molecule is C[C@]12CC(=O)[C@H]3[C@@H](CCC4=CC(=O)C=C[C@@]43C)[C@@H]1CC[C@@H]2C(=O)O. The van der Waals surface area contributed by atoms with Crippen LogP contribution in [0.5, 0.6) is 0 Å². The molecule has 24 heavy (non-hydrogen) atoms. The van der Waals surface area contributed by atoms with Crippen molar-refractivity contribution in [3.8, 4) is 0 Å². The molecular weight excluding hydrogens is 304 g/mol. The van der Waals surface area contributed by atoms with Crippen molar-refractivity contribution in [2.45, 2.75) is 46.0 Å². The van der Waals surface area contributed by atoms with Crippen LogP contribution in [-0.2, 0) is 14.4 Å². The molecule has 4 rings (SSSR count). The number of allylic oxidation sites excluding steroid dienone is 4. The average Bonchev–Trinajstić information content (AvgIpc) is 2.84. The number of carboxylic acids is 1. The van der Waals surface area contributed by atoms with E-state index in [0.29, 0.717) is 18.8 Å². The van der Waals surface area contributed by atoms with Gasteiger partial charge in [-0.15, -0.1) is 0 Å². The summed E-state index contributed by atoms with van der Waals surface area (Å²) in [7, 11) is 0. The zero-order valence-electron chi connectivity index (χ0n) is 14.2. The first-order valence-electron chi connectivity index (χ1n) is 8.97. The maximum Gasteiger partial charge on any atom is 0.307 e. The highest BCUT2D eigenvalue weighted by Gasteiger charge is 2.62. The molecule has 0 aromatic heterocycles. The van der Waals surface area contributed by atoms with E-state index in [2.05, 4.69) is 6.92 Å². The van der Waals surface area contributed by atoms with Gasteiger partial charge in [0.25, 0.3) is 0 Å². The van der Waals surface area contributed by atoms with Crippen LogP contribution in [0.2, 0.25) is 0 Å². The standard InChI is InChI=1S/C20H24O4/c1-19-8-7-12(21)9-11(19)3-4-13-14-5-6-15(18(23)24)20(14,2)10-16(22)17(13)19/h7-9,13-15,17H,3-6,10H2,1-2H3,(H,23,24)/t13-,14-,15+,17+,19-,20-/m0/s1. The van der Waals surface area contributed by atoms with E-state index in [1.165, 1.54) is 0 Å². The minimum absolute atomic E-state index is 0.0147. The van der Waals surface area contributed by atoms with E-state index >= 15 is 0 Å². The van der Waals surface area contributed by atoms with Crippen LogP contribution in [0.15, 0.2) is 23.8 Å². The predicted octanol–water partition coefficient (Wildman–Crippen LogP) is 3.17. The van der Waals surface area contributed by atoms with E-state index in [4.69, 9.17) is 0 Å². The Bertz CT molecular complexity index is 702. The molecule has 4 heteroatoms. The van der Waals surface area contributed by atoms with Gasteiger partial charge < -0.3 is 5.11 Å². The molecule has 0 aromatic rings. The summed E-state index contributed by atoms with van der Waals surface area (Å²) >= 11 is 0. The number of aliphatic carboxylic acids is 1. The van der Waals surface area contributed by atoms with Crippen LogP contribution in [0.25, 0.3) is 0 Å². The van der Waals surface area contributed by atoms with E-state index in [1.807, 2.05) is 13.0 Å². The largest absolute Gasteiger partial charge is 0.481 e. The predicted molar refractivity (Wildman–Crippen MR) is 88.1 cm³/mol. The van der Waals surface area contributed by atoms with Gasteiger partial charge in [0.05, 0.1) is 5.92 Å². The molecule has 0 bridgehead atoms. The van der Waals surface area contributed by atoms with Crippen LogP contribution < -0.4 is 0 Å². The minimum Gasteiger partial charge on any atom is -0.481 e. The van der Waals surface area contributed by atoms with Gasteiger partial charge in [-0.1, -0.05) is 25.5 Å². The number of carbonyl (C=O) groups excluding carboxylic acids is 2. The summed E-state index contributed by atoms with van der Waals surface area (Å²) < 4.78 is 0. The highest BCUT2D eigenvalue weighted by Crippen LogP contribution is 2.64. The number of hydrogen-bond acceptors (Lipinski definition) is 3. The second-order valence-electron chi connectivity index (χ2n) is 8.59. The van der Waals surface area contributed by atoms with Crippen molar-refractivity contribution in [3.63, 3.8) is 0 Å². The van der Waals surface area contributed by atoms with E-state index in [1.54, 1.807) is 12.2 Å². The second-order valence-corrected chi connectivity index (χ2v) is 8.59. The fourth-order valence-corrected chi connectivity index (χ4v) is 6.44. The van der Waals surface area contributed by atoms with Gasteiger partial charge in [-0.05, 0) is 55.1 Å². The van der Waals surface area contributed by atoms with E-state index < -0.39 is 17.3 Å². The summed E-state index contributed by atoms with van der Waals surface area (Å²) in [6.45, 7) is 4.11. The van der Waals surface area contributed by atoms with Crippen molar-refractivity contribution >= 4 is 17.5 Å². The lowest BCUT2D eigenvalue weighted by atomic mass is 9.47. The topological polar surface area (TPSA) is 71.4 Å². The third-order valence-corrected chi connectivity index (χ3v) is 7.55. The van der Waals surface area contributed by atoms with Crippen LogP contribution in [0, 0.1) is 34.5 Å². The van der Waals surface area contributed by atoms with Gasteiger partial charge in [-0.2, -0.15) is 0 Å². The lowest BCUT2D eigenvalue weighted by Gasteiger charge is -2.55. The molecule has 0 spiro atoms. The Morgan fingerprint density at radius 1 is 1.21 bits per heavy atom. The van der Waals surface area contributed by atoms with Crippen molar-refractivity contribution in [2.75, 3.05) is 0 Å². The first-order chi connectivity index (χ1) is 11.3. The maximum absolute atomic E-state index is 13.1. The Morgan fingerprint density at radius 2 is 1.96 bits per heavy atom. The zero-order chi connectivity index (χ0) is 17.3. The Balaban J connectivity index is 1.75. The summed E-state index contributed by atoms with van der Waals surface area (Å²) in [6, 6.07) is 0.